The molecule has 1 saturated heterocycles. The molecule has 2 rings (SSSR count). The van der Waals surface area contributed by atoms with E-state index < -0.39 is 4.92 Å². The minimum Gasteiger partial charge on any atom is -0.378 e. The van der Waals surface area contributed by atoms with Crippen molar-refractivity contribution >= 4 is 11.6 Å². The van der Waals surface area contributed by atoms with Crippen LogP contribution in [0.1, 0.15) is 24.9 Å². The number of rotatable bonds is 6. The van der Waals surface area contributed by atoms with Gasteiger partial charge in [-0.15, -0.1) is 0 Å². The molecule has 120 valence electrons. The van der Waals surface area contributed by atoms with Crippen LogP contribution in [0.15, 0.2) is 24.3 Å². The van der Waals surface area contributed by atoms with Crippen LogP contribution in [0.2, 0.25) is 0 Å². The van der Waals surface area contributed by atoms with Crippen LogP contribution in [0.3, 0.4) is 0 Å². The Hall–Kier alpha value is -1.99. The highest BCUT2D eigenvalue weighted by Gasteiger charge is 2.19. The third-order valence-corrected chi connectivity index (χ3v) is 3.76. The number of amides is 1. The number of nitrogens with one attached hydrogen (secondary N) is 1. The minimum atomic E-state index is -0.408. The average molecular weight is 307 g/mol. The zero-order valence-corrected chi connectivity index (χ0v) is 12.7. The molecule has 0 aromatic heterocycles. The maximum Gasteiger partial charge on any atom is 0.269 e. The van der Waals surface area contributed by atoms with Gasteiger partial charge in [-0.2, -0.15) is 0 Å². The molecule has 1 amide bonds. The summed E-state index contributed by atoms with van der Waals surface area (Å²) < 4.78 is 5.22. The van der Waals surface area contributed by atoms with Crippen molar-refractivity contribution < 1.29 is 14.5 Å². The van der Waals surface area contributed by atoms with Gasteiger partial charge in [0.25, 0.3) is 5.69 Å². The molecule has 7 nitrogen and oxygen atoms in total. The van der Waals surface area contributed by atoms with Gasteiger partial charge in [0.1, 0.15) is 0 Å². The van der Waals surface area contributed by atoms with Crippen molar-refractivity contribution in [2.45, 2.75) is 19.4 Å². The van der Waals surface area contributed by atoms with Crippen molar-refractivity contribution in [2.24, 2.45) is 0 Å². The van der Waals surface area contributed by atoms with E-state index in [9.17, 15) is 14.9 Å². The number of ether oxygens (including phenoxy) is 1. The van der Waals surface area contributed by atoms with Gasteiger partial charge < -0.3 is 15.0 Å². The SMILES string of the molecule is CC[C@@H](NCC(=O)N1CCOCC1)c1cccc([N+](=O)[O-])c1. The van der Waals surface area contributed by atoms with Gasteiger partial charge in [-0.05, 0) is 12.0 Å². The van der Waals surface area contributed by atoms with Crippen LogP contribution in [0.4, 0.5) is 5.69 Å². The Morgan fingerprint density at radius 2 is 2.18 bits per heavy atom. The van der Waals surface area contributed by atoms with E-state index >= 15 is 0 Å². The number of carbonyl (C=O) groups excluding carboxylic acids is 1. The lowest BCUT2D eigenvalue weighted by Crippen LogP contribution is -2.45. The second-order valence-corrected chi connectivity index (χ2v) is 5.19. The Bertz CT molecular complexity index is 529. The van der Waals surface area contributed by atoms with Crippen LogP contribution in [-0.2, 0) is 9.53 Å². The third-order valence-electron chi connectivity index (χ3n) is 3.76. The molecule has 22 heavy (non-hydrogen) atoms. The fourth-order valence-corrected chi connectivity index (χ4v) is 2.49. The quantitative estimate of drug-likeness (QED) is 0.636. The van der Waals surface area contributed by atoms with Crippen LogP contribution in [0.5, 0.6) is 0 Å². The van der Waals surface area contributed by atoms with Crippen molar-refractivity contribution in [3.8, 4) is 0 Å². The molecule has 1 heterocycles. The first kappa shape index (κ1) is 16.4. The van der Waals surface area contributed by atoms with Gasteiger partial charge in [0.05, 0.1) is 24.7 Å². The van der Waals surface area contributed by atoms with Crippen molar-refractivity contribution in [3.63, 3.8) is 0 Å². The number of hydrogen-bond acceptors (Lipinski definition) is 5. The highest BCUT2D eigenvalue weighted by atomic mass is 16.6. The summed E-state index contributed by atoms with van der Waals surface area (Å²) in [6.07, 6.45) is 0.748. The van der Waals surface area contributed by atoms with E-state index in [1.54, 1.807) is 17.0 Å². The topological polar surface area (TPSA) is 84.7 Å². The van der Waals surface area contributed by atoms with Crippen molar-refractivity contribution in [2.75, 3.05) is 32.8 Å². The van der Waals surface area contributed by atoms with Gasteiger partial charge >= 0.3 is 0 Å². The van der Waals surface area contributed by atoms with Gasteiger partial charge in [-0.25, -0.2) is 0 Å². The Morgan fingerprint density at radius 3 is 2.82 bits per heavy atom. The second kappa shape index (κ2) is 7.86. The summed E-state index contributed by atoms with van der Waals surface area (Å²) in [4.78, 5) is 24.3. The van der Waals surface area contributed by atoms with Crippen LogP contribution in [0, 0.1) is 10.1 Å². The smallest absolute Gasteiger partial charge is 0.269 e. The fourth-order valence-electron chi connectivity index (χ4n) is 2.49. The fraction of sp³-hybridized carbons (Fsp3) is 0.533. The van der Waals surface area contributed by atoms with Gasteiger partial charge in [-0.3, -0.25) is 14.9 Å². The monoisotopic (exact) mass is 307 g/mol. The Balaban J connectivity index is 1.95. The number of benzene rings is 1. The van der Waals surface area contributed by atoms with E-state index in [2.05, 4.69) is 5.32 Å². The number of non-ortho nitro benzene ring substituents is 1. The first-order valence-corrected chi connectivity index (χ1v) is 7.45. The molecule has 0 unspecified atom stereocenters. The standard InChI is InChI=1S/C15H21N3O4/c1-2-14(12-4-3-5-13(10-12)18(20)21)16-11-15(19)17-6-8-22-9-7-17/h3-5,10,14,16H,2,6-9,11H2,1H3/t14-/m1/s1. The number of nitrogens with zero attached hydrogens (tertiary/aromatic N) is 2. The molecular formula is C15H21N3O4. The summed E-state index contributed by atoms with van der Waals surface area (Å²) in [5.74, 6) is 0.0344. The van der Waals surface area contributed by atoms with E-state index in [1.807, 2.05) is 13.0 Å². The number of morpholine rings is 1. The number of carbonyl (C=O) groups is 1. The summed E-state index contributed by atoms with van der Waals surface area (Å²) in [7, 11) is 0. The lowest BCUT2D eigenvalue weighted by Gasteiger charge is -2.28. The minimum absolute atomic E-state index is 0.0344. The largest absolute Gasteiger partial charge is 0.378 e. The summed E-state index contributed by atoms with van der Waals surface area (Å²) in [5.41, 5.74) is 0.892. The lowest BCUT2D eigenvalue weighted by atomic mass is 10.0. The van der Waals surface area contributed by atoms with Crippen LogP contribution >= 0.6 is 0 Å². The van der Waals surface area contributed by atoms with E-state index in [0.717, 1.165) is 12.0 Å². The molecule has 0 aliphatic carbocycles. The molecule has 1 aliphatic heterocycles. The molecule has 0 spiro atoms. The first-order valence-electron chi connectivity index (χ1n) is 7.45. The van der Waals surface area contributed by atoms with Gasteiger partial charge in [0.2, 0.25) is 5.91 Å². The molecule has 0 radical (unpaired) electrons. The maximum absolute atomic E-state index is 12.1. The zero-order valence-electron chi connectivity index (χ0n) is 12.7. The van der Waals surface area contributed by atoms with E-state index in [0.29, 0.717) is 26.3 Å². The molecule has 1 aliphatic rings. The molecule has 0 bridgehead atoms. The Morgan fingerprint density at radius 1 is 1.45 bits per heavy atom. The molecule has 1 aromatic rings. The van der Waals surface area contributed by atoms with Crippen LogP contribution in [-0.4, -0.2) is 48.6 Å². The predicted octanol–water partition coefficient (Wildman–Crippen LogP) is 1.49. The third kappa shape index (κ3) is 4.25. The van der Waals surface area contributed by atoms with Crippen LogP contribution < -0.4 is 5.32 Å². The van der Waals surface area contributed by atoms with Crippen LogP contribution in [0.25, 0.3) is 0 Å². The number of nitro groups is 1. The normalized spacial score (nSPS) is 16.3. The average Bonchev–Trinajstić information content (AvgIpc) is 2.56. The first-order chi connectivity index (χ1) is 10.6. The van der Waals surface area contributed by atoms with Crippen molar-refractivity contribution in [1.82, 2.24) is 10.2 Å². The van der Waals surface area contributed by atoms with Crippen molar-refractivity contribution in [1.29, 1.82) is 0 Å². The van der Waals surface area contributed by atoms with Gasteiger partial charge in [-0.1, -0.05) is 19.1 Å². The van der Waals surface area contributed by atoms with E-state index in [1.165, 1.54) is 6.07 Å². The number of hydrogen-bond donors (Lipinski definition) is 1. The van der Waals surface area contributed by atoms with Crippen molar-refractivity contribution in [3.05, 3.63) is 39.9 Å². The highest BCUT2D eigenvalue weighted by molar-refractivity contribution is 5.78. The zero-order chi connectivity index (χ0) is 15.9. The molecule has 1 aromatic carbocycles. The number of nitro benzene ring substituents is 1. The Labute approximate surface area is 129 Å². The highest BCUT2D eigenvalue weighted by Crippen LogP contribution is 2.21. The molecule has 7 heteroatoms. The van der Waals surface area contributed by atoms with Gasteiger partial charge in [0.15, 0.2) is 0 Å². The summed E-state index contributed by atoms with van der Waals surface area (Å²) >= 11 is 0. The summed E-state index contributed by atoms with van der Waals surface area (Å²) in [6.45, 7) is 4.60. The summed E-state index contributed by atoms with van der Waals surface area (Å²) in [5, 5.41) is 14.0. The molecule has 1 N–H and O–H groups in total. The van der Waals surface area contributed by atoms with E-state index in [4.69, 9.17) is 4.74 Å². The molecule has 1 atom stereocenters. The molecule has 1 fully saturated rings. The summed E-state index contributed by atoms with van der Waals surface area (Å²) in [6, 6.07) is 6.45. The molecular weight excluding hydrogens is 286 g/mol. The predicted molar refractivity (Wildman–Crippen MR) is 81.5 cm³/mol. The lowest BCUT2D eigenvalue weighted by molar-refractivity contribution is -0.384. The maximum atomic E-state index is 12.1. The van der Waals surface area contributed by atoms with Gasteiger partial charge in [0, 0.05) is 31.3 Å². The molecule has 0 saturated carbocycles. The van der Waals surface area contributed by atoms with E-state index in [-0.39, 0.29) is 24.2 Å². The Kier molecular flexibility index (Phi) is 5.85. The second-order valence-electron chi connectivity index (χ2n) is 5.19.